The van der Waals surface area contributed by atoms with Crippen LogP contribution in [0.3, 0.4) is 0 Å². The molecular weight excluding hydrogens is 376 g/mol. The Morgan fingerprint density at radius 3 is 2.54 bits per heavy atom. The lowest BCUT2D eigenvalue weighted by atomic mass is 9.86. The maximum absolute atomic E-state index is 11.4. The number of nitrogens with one attached hydrogen (secondary N) is 1. The fraction of sp³-hybridized carbons (Fsp3) is 0.529. The van der Waals surface area contributed by atoms with Crippen LogP contribution in [0.25, 0.3) is 0 Å². The summed E-state index contributed by atoms with van der Waals surface area (Å²) < 4.78 is 5.49. The van der Waals surface area contributed by atoms with E-state index in [9.17, 15) is 35.3 Å². The number of nitro benzene ring substituents is 1. The standard InChI is InChI=1S/C17H23N2O9/c1-9(21)18-14-12(22)7-17(25,28-16(14)15(24)13(23)8-20)6-10-2-4-11(5-3-10)19(26)27/h2-6,12-16,20,22-25H,7-8H2,1H3,(H,18,21)/t12-,13+,14+,15+,16+,17+/m0/s1. The smallest absolute Gasteiger partial charge is 0.269 e. The molecule has 155 valence electrons. The highest BCUT2D eigenvalue weighted by Crippen LogP contribution is 2.34. The van der Waals surface area contributed by atoms with Gasteiger partial charge in [-0.3, -0.25) is 14.9 Å². The van der Waals surface area contributed by atoms with Crippen molar-refractivity contribution < 1.29 is 40.0 Å². The lowest BCUT2D eigenvalue weighted by Gasteiger charge is -2.46. The van der Waals surface area contributed by atoms with Crippen molar-refractivity contribution >= 4 is 11.6 Å². The van der Waals surface area contributed by atoms with E-state index in [1.165, 1.54) is 37.6 Å². The van der Waals surface area contributed by atoms with E-state index < -0.39 is 53.7 Å². The predicted molar refractivity (Wildman–Crippen MR) is 93.6 cm³/mol. The van der Waals surface area contributed by atoms with Crippen LogP contribution in [0.2, 0.25) is 0 Å². The topological polar surface area (TPSA) is 183 Å². The first kappa shape index (κ1) is 22.1. The largest absolute Gasteiger partial charge is 0.394 e. The predicted octanol–water partition coefficient (Wildman–Crippen LogP) is -1.80. The lowest BCUT2D eigenvalue weighted by molar-refractivity contribution is -0.384. The Morgan fingerprint density at radius 1 is 1.43 bits per heavy atom. The van der Waals surface area contributed by atoms with E-state index in [-0.39, 0.29) is 12.1 Å². The molecule has 1 saturated heterocycles. The average molecular weight is 399 g/mol. The summed E-state index contributed by atoms with van der Waals surface area (Å²) in [7, 11) is 0. The molecular formula is C17H23N2O9. The van der Waals surface area contributed by atoms with Crippen molar-refractivity contribution in [2.75, 3.05) is 6.61 Å². The highest BCUT2D eigenvalue weighted by Gasteiger charge is 2.50. The van der Waals surface area contributed by atoms with E-state index in [1.807, 2.05) is 0 Å². The number of hydrogen-bond acceptors (Lipinski definition) is 9. The Bertz CT molecular complexity index is 698. The molecule has 0 bridgehead atoms. The number of aliphatic hydroxyl groups excluding tert-OH is 4. The molecule has 1 aliphatic heterocycles. The van der Waals surface area contributed by atoms with Gasteiger partial charge in [0.25, 0.3) is 5.69 Å². The number of benzene rings is 1. The van der Waals surface area contributed by atoms with Crippen molar-refractivity contribution in [1.29, 1.82) is 0 Å². The highest BCUT2D eigenvalue weighted by atomic mass is 16.6. The number of non-ortho nitro benzene ring substituents is 1. The minimum Gasteiger partial charge on any atom is -0.394 e. The minimum atomic E-state index is -2.11. The van der Waals surface area contributed by atoms with Gasteiger partial charge in [-0.15, -0.1) is 0 Å². The molecule has 1 aromatic carbocycles. The first-order valence-corrected chi connectivity index (χ1v) is 8.49. The molecule has 2 rings (SSSR count). The maximum atomic E-state index is 11.4. The first-order valence-electron chi connectivity index (χ1n) is 8.49. The van der Waals surface area contributed by atoms with Gasteiger partial charge in [-0.05, 0) is 5.56 Å². The Hall–Kier alpha value is -2.15. The van der Waals surface area contributed by atoms with Gasteiger partial charge in [0.05, 0.1) is 23.7 Å². The minimum absolute atomic E-state index is 0.154. The molecule has 1 heterocycles. The van der Waals surface area contributed by atoms with Gasteiger partial charge >= 0.3 is 0 Å². The van der Waals surface area contributed by atoms with Crippen LogP contribution in [0.5, 0.6) is 0 Å². The Kier molecular flexibility index (Phi) is 7.04. The molecule has 0 spiro atoms. The number of carbonyl (C=O) groups excluding carboxylic acids is 1. The molecule has 1 radical (unpaired) electrons. The summed E-state index contributed by atoms with van der Waals surface area (Å²) in [5.41, 5.74) is 0.188. The highest BCUT2D eigenvalue weighted by molar-refractivity contribution is 5.73. The monoisotopic (exact) mass is 399 g/mol. The quantitative estimate of drug-likeness (QED) is 0.228. The van der Waals surface area contributed by atoms with Gasteiger partial charge in [-0.2, -0.15) is 0 Å². The fourth-order valence-electron chi connectivity index (χ4n) is 3.07. The molecule has 6 atom stereocenters. The average Bonchev–Trinajstić information content (AvgIpc) is 2.62. The molecule has 6 N–H and O–H groups in total. The molecule has 0 aliphatic carbocycles. The van der Waals surface area contributed by atoms with Crippen LogP contribution in [0.1, 0.15) is 18.9 Å². The number of ether oxygens (including phenoxy) is 1. The van der Waals surface area contributed by atoms with E-state index in [1.54, 1.807) is 0 Å². The summed E-state index contributed by atoms with van der Waals surface area (Å²) in [6.07, 6.45) is -5.37. The van der Waals surface area contributed by atoms with Crippen molar-refractivity contribution in [1.82, 2.24) is 5.32 Å². The van der Waals surface area contributed by atoms with Crippen LogP contribution in [0.15, 0.2) is 24.3 Å². The third-order valence-corrected chi connectivity index (χ3v) is 4.39. The van der Waals surface area contributed by atoms with Gasteiger partial charge in [-0.1, -0.05) is 12.1 Å². The normalized spacial score (nSPS) is 29.7. The molecule has 0 unspecified atom stereocenters. The van der Waals surface area contributed by atoms with Crippen LogP contribution < -0.4 is 5.32 Å². The summed E-state index contributed by atoms with van der Waals surface area (Å²) in [5.74, 6) is -2.64. The van der Waals surface area contributed by atoms with Gasteiger partial charge in [0.2, 0.25) is 5.91 Å². The number of nitrogens with zero attached hydrogens (tertiary/aromatic N) is 1. The van der Waals surface area contributed by atoms with E-state index in [2.05, 4.69) is 5.32 Å². The second-order valence-corrected chi connectivity index (χ2v) is 6.66. The number of carbonyl (C=O) groups is 1. The van der Waals surface area contributed by atoms with Crippen molar-refractivity contribution in [2.24, 2.45) is 0 Å². The third kappa shape index (κ3) is 5.22. The molecule has 1 amide bonds. The SMILES string of the molecule is CC(=O)N[C@H]1[C@H]([C@H](O)[C@H](O)CO)O[C@](O)([CH]c2ccc([N+](=O)[O-])cc2)C[C@@H]1O. The van der Waals surface area contributed by atoms with E-state index >= 15 is 0 Å². The Labute approximate surface area is 160 Å². The van der Waals surface area contributed by atoms with Crippen LogP contribution in [0.4, 0.5) is 5.69 Å². The zero-order valence-corrected chi connectivity index (χ0v) is 15.0. The molecule has 1 aromatic rings. The van der Waals surface area contributed by atoms with Crippen LogP contribution >= 0.6 is 0 Å². The summed E-state index contributed by atoms with van der Waals surface area (Å²) >= 11 is 0. The maximum Gasteiger partial charge on any atom is 0.269 e. The molecule has 11 heteroatoms. The Balaban J connectivity index is 2.24. The molecule has 28 heavy (non-hydrogen) atoms. The zero-order valence-electron chi connectivity index (χ0n) is 15.0. The van der Waals surface area contributed by atoms with Crippen LogP contribution in [0, 0.1) is 16.5 Å². The van der Waals surface area contributed by atoms with E-state index in [0.717, 1.165) is 0 Å². The van der Waals surface area contributed by atoms with Crippen LogP contribution in [-0.2, 0) is 9.53 Å². The second kappa shape index (κ2) is 8.90. The zero-order chi connectivity index (χ0) is 21.1. The molecule has 0 aromatic heterocycles. The molecule has 1 fully saturated rings. The van der Waals surface area contributed by atoms with Gasteiger partial charge in [0.15, 0.2) is 5.79 Å². The van der Waals surface area contributed by atoms with E-state index in [0.29, 0.717) is 5.56 Å². The van der Waals surface area contributed by atoms with Gasteiger partial charge in [0.1, 0.15) is 18.3 Å². The number of rotatable bonds is 7. The summed E-state index contributed by atoms with van der Waals surface area (Å²) in [4.78, 5) is 21.5. The molecule has 11 nitrogen and oxygen atoms in total. The third-order valence-electron chi connectivity index (χ3n) is 4.39. The van der Waals surface area contributed by atoms with Crippen molar-refractivity contribution in [3.05, 3.63) is 46.4 Å². The summed E-state index contributed by atoms with van der Waals surface area (Å²) in [6, 6.07) is 4.01. The number of nitro groups is 1. The fourth-order valence-corrected chi connectivity index (χ4v) is 3.07. The second-order valence-electron chi connectivity index (χ2n) is 6.66. The van der Waals surface area contributed by atoms with Crippen molar-refractivity contribution in [3.63, 3.8) is 0 Å². The lowest BCUT2D eigenvalue weighted by Crippen LogP contribution is -2.65. The summed E-state index contributed by atoms with van der Waals surface area (Å²) in [5, 5.41) is 63.3. The number of amides is 1. The summed E-state index contributed by atoms with van der Waals surface area (Å²) in [6.45, 7) is 0.372. The van der Waals surface area contributed by atoms with Gasteiger partial charge in [-0.25, -0.2) is 0 Å². The van der Waals surface area contributed by atoms with Crippen molar-refractivity contribution in [2.45, 2.75) is 49.6 Å². The number of aliphatic hydroxyl groups is 5. The Morgan fingerprint density at radius 2 is 2.04 bits per heavy atom. The van der Waals surface area contributed by atoms with Gasteiger partial charge in [0, 0.05) is 31.9 Å². The number of hydrogen-bond donors (Lipinski definition) is 6. The van der Waals surface area contributed by atoms with E-state index in [4.69, 9.17) is 9.84 Å². The molecule has 1 aliphatic rings. The van der Waals surface area contributed by atoms with Gasteiger partial charge < -0.3 is 35.6 Å². The molecule has 0 saturated carbocycles. The van der Waals surface area contributed by atoms with Crippen molar-refractivity contribution in [3.8, 4) is 0 Å². The van der Waals surface area contributed by atoms with Crippen LogP contribution in [-0.4, -0.2) is 79.2 Å². The first-order chi connectivity index (χ1) is 13.1.